The van der Waals surface area contributed by atoms with Gasteiger partial charge in [-0.15, -0.1) is 11.3 Å². The number of carbonyl (C=O) groups is 1. The fourth-order valence-electron chi connectivity index (χ4n) is 3.44. The molecule has 3 rings (SSSR count). The van der Waals surface area contributed by atoms with Gasteiger partial charge in [0.1, 0.15) is 11.1 Å². The minimum atomic E-state index is -0.186. The summed E-state index contributed by atoms with van der Waals surface area (Å²) in [4.78, 5) is 13.7. The Bertz CT molecular complexity index is 869. The zero-order valence-electron chi connectivity index (χ0n) is 16.0. The number of thiophene rings is 1. The molecule has 4 heteroatoms. The average Bonchev–Trinajstić information content (AvgIpc) is 2.95. The van der Waals surface area contributed by atoms with E-state index in [2.05, 4.69) is 37.4 Å². The minimum absolute atomic E-state index is 0.186. The molecule has 0 bridgehead atoms. The normalized spacial score (nSPS) is 14.4. The van der Waals surface area contributed by atoms with Crippen molar-refractivity contribution in [3.05, 3.63) is 57.5 Å². The van der Waals surface area contributed by atoms with Crippen LogP contribution in [0.25, 0.3) is 6.08 Å². The summed E-state index contributed by atoms with van der Waals surface area (Å²) in [5.41, 5.74) is 4.10. The molecule has 0 unspecified atom stereocenters. The molecule has 3 nitrogen and oxygen atoms in total. The van der Waals surface area contributed by atoms with Crippen molar-refractivity contribution in [2.24, 2.45) is 0 Å². The number of benzene rings is 1. The molecular formula is C23H26N2OS. The summed E-state index contributed by atoms with van der Waals surface area (Å²) in [5, 5.41) is 13.2. The van der Waals surface area contributed by atoms with Gasteiger partial charge in [0.15, 0.2) is 0 Å². The topological polar surface area (TPSA) is 52.9 Å². The van der Waals surface area contributed by atoms with Gasteiger partial charge in [-0.2, -0.15) is 5.26 Å². The number of nitriles is 1. The highest BCUT2D eigenvalue weighted by atomic mass is 32.1. The molecule has 140 valence electrons. The van der Waals surface area contributed by atoms with Crippen LogP contribution in [0.3, 0.4) is 0 Å². The lowest BCUT2D eigenvalue weighted by Crippen LogP contribution is -2.07. The highest BCUT2D eigenvalue weighted by Gasteiger charge is 2.19. The molecule has 27 heavy (non-hydrogen) atoms. The Morgan fingerprint density at radius 1 is 1.15 bits per heavy atom. The molecule has 0 spiro atoms. The van der Waals surface area contributed by atoms with Gasteiger partial charge in [0, 0.05) is 11.0 Å². The first-order valence-corrected chi connectivity index (χ1v) is 10.5. The van der Waals surface area contributed by atoms with E-state index in [1.54, 1.807) is 17.4 Å². The molecule has 1 aromatic heterocycles. The van der Waals surface area contributed by atoms with E-state index < -0.39 is 0 Å². The number of aryl methyl sites for hydroxylation is 1. The van der Waals surface area contributed by atoms with Crippen LogP contribution in [0.4, 0.5) is 5.00 Å². The van der Waals surface area contributed by atoms with Crippen molar-refractivity contribution in [3.63, 3.8) is 0 Å². The molecule has 1 aliphatic carbocycles. The van der Waals surface area contributed by atoms with Gasteiger partial charge in [-0.05, 0) is 54.4 Å². The molecule has 0 saturated heterocycles. The molecule has 0 fully saturated rings. The molecule has 1 aromatic carbocycles. The van der Waals surface area contributed by atoms with Crippen LogP contribution in [0.1, 0.15) is 72.6 Å². The van der Waals surface area contributed by atoms with Gasteiger partial charge in [-0.25, -0.2) is 0 Å². The second-order valence-corrected chi connectivity index (χ2v) is 8.48. The largest absolute Gasteiger partial charge is 0.313 e. The average molecular weight is 379 g/mol. The third kappa shape index (κ3) is 4.87. The first-order chi connectivity index (χ1) is 13.1. The molecule has 2 aromatic rings. The first-order valence-electron chi connectivity index (χ1n) is 9.72. The van der Waals surface area contributed by atoms with E-state index in [0.717, 1.165) is 36.8 Å². The van der Waals surface area contributed by atoms with Crippen molar-refractivity contribution >= 4 is 28.3 Å². The Kier molecular flexibility index (Phi) is 6.47. The van der Waals surface area contributed by atoms with Crippen LogP contribution in [0.5, 0.6) is 0 Å². The first kappa shape index (κ1) is 19.4. The van der Waals surface area contributed by atoms with E-state index in [4.69, 9.17) is 0 Å². The second kappa shape index (κ2) is 9.01. The number of nitrogens with one attached hydrogen (secondary N) is 1. The van der Waals surface area contributed by atoms with Crippen LogP contribution in [-0.4, -0.2) is 5.91 Å². The molecule has 0 aliphatic heterocycles. The van der Waals surface area contributed by atoms with Crippen LogP contribution in [0.2, 0.25) is 0 Å². The highest BCUT2D eigenvalue weighted by Crippen LogP contribution is 2.36. The zero-order chi connectivity index (χ0) is 19.2. The van der Waals surface area contributed by atoms with Crippen molar-refractivity contribution < 1.29 is 4.79 Å². The maximum atomic E-state index is 12.4. The van der Waals surface area contributed by atoms with E-state index in [1.807, 2.05) is 18.2 Å². The number of carbonyl (C=O) groups excluding carboxylic acids is 1. The smallest absolute Gasteiger partial charge is 0.249 e. The third-order valence-electron chi connectivity index (χ3n) is 5.05. The summed E-state index contributed by atoms with van der Waals surface area (Å²) in [6.45, 7) is 4.32. The fourth-order valence-corrected chi connectivity index (χ4v) is 4.69. The van der Waals surface area contributed by atoms with E-state index in [9.17, 15) is 10.1 Å². The molecule has 0 radical (unpaired) electrons. The Morgan fingerprint density at radius 2 is 1.85 bits per heavy atom. The van der Waals surface area contributed by atoms with Crippen molar-refractivity contribution in [2.45, 2.75) is 58.3 Å². The molecule has 0 atom stereocenters. The van der Waals surface area contributed by atoms with Gasteiger partial charge >= 0.3 is 0 Å². The standard InChI is InChI=1S/C23H26N2OS/c1-16(2)18-12-9-17(10-13-18)11-14-22(26)25-23-20(15-24)19-7-5-3-4-6-8-21(19)27-23/h9-14,16H,3-8H2,1-2H3,(H,25,26)/b14-11+. The SMILES string of the molecule is CC(C)c1ccc(/C=C/C(=O)Nc2sc3c(c2C#N)CCCCCC3)cc1. The highest BCUT2D eigenvalue weighted by molar-refractivity contribution is 7.16. The quantitative estimate of drug-likeness (QED) is 0.658. The number of hydrogen-bond donors (Lipinski definition) is 1. The van der Waals surface area contributed by atoms with Gasteiger partial charge in [0.2, 0.25) is 5.91 Å². The van der Waals surface area contributed by atoms with Crippen LogP contribution in [0, 0.1) is 11.3 Å². The summed E-state index contributed by atoms with van der Waals surface area (Å²) in [7, 11) is 0. The molecule has 0 saturated carbocycles. The lowest BCUT2D eigenvalue weighted by molar-refractivity contribution is -0.111. The van der Waals surface area contributed by atoms with E-state index >= 15 is 0 Å². The Balaban J connectivity index is 1.72. The van der Waals surface area contributed by atoms with Crippen LogP contribution in [0.15, 0.2) is 30.3 Å². The lowest BCUT2D eigenvalue weighted by atomic mass is 9.97. The maximum absolute atomic E-state index is 12.4. The van der Waals surface area contributed by atoms with Gasteiger partial charge in [-0.3, -0.25) is 4.79 Å². The fraction of sp³-hybridized carbons (Fsp3) is 0.391. The van der Waals surface area contributed by atoms with Crippen molar-refractivity contribution in [2.75, 3.05) is 5.32 Å². The van der Waals surface area contributed by atoms with Crippen LogP contribution >= 0.6 is 11.3 Å². The summed E-state index contributed by atoms with van der Waals surface area (Å²) in [5.74, 6) is 0.308. The number of rotatable bonds is 4. The third-order valence-corrected chi connectivity index (χ3v) is 6.26. The predicted octanol–water partition coefficient (Wildman–Crippen LogP) is 6.05. The van der Waals surface area contributed by atoms with Gasteiger partial charge in [-0.1, -0.05) is 51.0 Å². The minimum Gasteiger partial charge on any atom is -0.313 e. The molecule has 1 heterocycles. The number of hydrogen-bond acceptors (Lipinski definition) is 3. The summed E-state index contributed by atoms with van der Waals surface area (Å²) >= 11 is 1.58. The Morgan fingerprint density at radius 3 is 2.52 bits per heavy atom. The van der Waals surface area contributed by atoms with Crippen molar-refractivity contribution in [1.29, 1.82) is 5.26 Å². The number of anilines is 1. The number of nitrogens with zero attached hydrogens (tertiary/aromatic N) is 1. The Labute approximate surface area is 165 Å². The number of fused-ring (bicyclic) bond motifs is 1. The second-order valence-electron chi connectivity index (χ2n) is 7.38. The summed E-state index contributed by atoms with van der Waals surface area (Å²) in [6, 6.07) is 10.6. The van der Waals surface area contributed by atoms with E-state index in [1.165, 1.54) is 23.3 Å². The van der Waals surface area contributed by atoms with E-state index in [-0.39, 0.29) is 5.91 Å². The lowest BCUT2D eigenvalue weighted by Gasteiger charge is -2.08. The van der Waals surface area contributed by atoms with Gasteiger partial charge < -0.3 is 5.32 Å². The van der Waals surface area contributed by atoms with Crippen LogP contribution < -0.4 is 5.32 Å². The summed E-state index contributed by atoms with van der Waals surface area (Å²) in [6.07, 6.45) is 10.1. The van der Waals surface area contributed by atoms with Crippen LogP contribution in [-0.2, 0) is 17.6 Å². The molecule has 1 amide bonds. The summed E-state index contributed by atoms with van der Waals surface area (Å²) < 4.78 is 0. The van der Waals surface area contributed by atoms with Gasteiger partial charge in [0.25, 0.3) is 0 Å². The molecule has 1 N–H and O–H groups in total. The Hall–Kier alpha value is -2.38. The van der Waals surface area contributed by atoms with E-state index in [0.29, 0.717) is 16.5 Å². The van der Waals surface area contributed by atoms with Crippen molar-refractivity contribution in [3.8, 4) is 6.07 Å². The maximum Gasteiger partial charge on any atom is 0.249 e. The molecule has 1 aliphatic rings. The number of amides is 1. The zero-order valence-corrected chi connectivity index (χ0v) is 16.9. The van der Waals surface area contributed by atoms with Gasteiger partial charge in [0.05, 0.1) is 5.56 Å². The predicted molar refractivity (Wildman–Crippen MR) is 113 cm³/mol. The van der Waals surface area contributed by atoms with Crippen molar-refractivity contribution in [1.82, 2.24) is 0 Å². The monoisotopic (exact) mass is 378 g/mol. The molecular weight excluding hydrogens is 352 g/mol.